The molecule has 0 bridgehead atoms. The summed E-state index contributed by atoms with van der Waals surface area (Å²) in [5, 5.41) is 7.86. The lowest BCUT2D eigenvalue weighted by Crippen LogP contribution is -2.37. The number of hydrogen-bond donors (Lipinski definition) is 1. The molecule has 7 nitrogen and oxygen atoms in total. The zero-order valence-electron chi connectivity index (χ0n) is 16.3. The Morgan fingerprint density at radius 1 is 1.26 bits per heavy atom. The number of nitrogens with one attached hydrogen (secondary N) is 1. The van der Waals surface area contributed by atoms with Crippen LogP contribution in [0.25, 0.3) is 0 Å². The molecule has 1 N–H and O–H groups in total. The van der Waals surface area contributed by atoms with Crippen molar-refractivity contribution in [3.8, 4) is 0 Å². The van der Waals surface area contributed by atoms with Crippen molar-refractivity contribution in [3.63, 3.8) is 0 Å². The van der Waals surface area contributed by atoms with Gasteiger partial charge in [0.15, 0.2) is 5.82 Å². The van der Waals surface area contributed by atoms with Crippen LogP contribution in [0.15, 0.2) is 22.8 Å². The molecule has 0 unspecified atom stereocenters. The third kappa shape index (κ3) is 3.88. The van der Waals surface area contributed by atoms with E-state index in [1.54, 1.807) is 6.26 Å². The van der Waals surface area contributed by atoms with Gasteiger partial charge in [0.1, 0.15) is 11.4 Å². The van der Waals surface area contributed by atoms with Crippen molar-refractivity contribution in [3.05, 3.63) is 29.9 Å². The van der Waals surface area contributed by atoms with Crippen LogP contribution in [0.5, 0.6) is 0 Å². The highest BCUT2D eigenvalue weighted by Crippen LogP contribution is 2.31. The molecule has 0 spiro atoms. The van der Waals surface area contributed by atoms with Gasteiger partial charge in [-0.25, -0.2) is 0 Å². The summed E-state index contributed by atoms with van der Waals surface area (Å²) < 4.78 is 7.30. The minimum Gasteiger partial charge on any atom is -0.468 e. The van der Waals surface area contributed by atoms with Gasteiger partial charge in [0, 0.05) is 26.1 Å². The van der Waals surface area contributed by atoms with Crippen LogP contribution in [0.4, 0.5) is 11.5 Å². The van der Waals surface area contributed by atoms with E-state index in [0.717, 1.165) is 68.5 Å². The summed E-state index contributed by atoms with van der Waals surface area (Å²) in [6.45, 7) is 6.72. The topological polar surface area (TPSA) is 66.5 Å². The van der Waals surface area contributed by atoms with Crippen LogP contribution in [-0.4, -0.2) is 46.8 Å². The maximum absolute atomic E-state index is 12.9. The molecular formula is C20H29N5O2. The molecule has 0 saturated carbocycles. The summed E-state index contributed by atoms with van der Waals surface area (Å²) in [5.74, 6) is 2.10. The first-order valence-electron chi connectivity index (χ1n) is 9.96. The predicted octanol–water partition coefficient (Wildman–Crippen LogP) is 2.77. The molecule has 2 aliphatic heterocycles. The van der Waals surface area contributed by atoms with E-state index in [9.17, 15) is 4.79 Å². The van der Waals surface area contributed by atoms with Crippen LogP contribution in [-0.2, 0) is 18.4 Å². The number of aryl methyl sites for hydroxylation is 1. The SMILES string of the molecule is Cc1c(NC(=O)C2CCN(Cc3ccco3)CC2)c(N2CCCC2)nn1C. The first-order valence-corrected chi connectivity index (χ1v) is 9.96. The molecule has 0 atom stereocenters. The highest BCUT2D eigenvalue weighted by molar-refractivity contribution is 5.96. The van der Waals surface area contributed by atoms with Crippen LogP contribution >= 0.6 is 0 Å². The van der Waals surface area contributed by atoms with Crippen LogP contribution in [0.2, 0.25) is 0 Å². The maximum atomic E-state index is 12.9. The van der Waals surface area contributed by atoms with Gasteiger partial charge in [0.2, 0.25) is 5.91 Å². The molecule has 2 aromatic rings. The zero-order valence-corrected chi connectivity index (χ0v) is 16.3. The van der Waals surface area contributed by atoms with E-state index >= 15 is 0 Å². The number of nitrogens with zero attached hydrogens (tertiary/aromatic N) is 4. The van der Waals surface area contributed by atoms with Gasteiger partial charge in [0.05, 0.1) is 18.5 Å². The molecule has 2 saturated heterocycles. The van der Waals surface area contributed by atoms with Crippen LogP contribution in [0.1, 0.15) is 37.1 Å². The van der Waals surface area contributed by atoms with Crippen molar-refractivity contribution < 1.29 is 9.21 Å². The lowest BCUT2D eigenvalue weighted by Gasteiger charge is -2.30. The summed E-state index contributed by atoms with van der Waals surface area (Å²) in [7, 11) is 1.94. The van der Waals surface area contributed by atoms with Crippen molar-refractivity contribution >= 4 is 17.4 Å². The molecule has 2 fully saturated rings. The number of furan rings is 1. The van der Waals surface area contributed by atoms with E-state index in [1.807, 2.05) is 30.8 Å². The minimum atomic E-state index is 0.0592. The van der Waals surface area contributed by atoms with E-state index in [0.29, 0.717) is 0 Å². The van der Waals surface area contributed by atoms with Gasteiger partial charge in [-0.2, -0.15) is 5.10 Å². The van der Waals surface area contributed by atoms with Gasteiger partial charge in [-0.1, -0.05) is 0 Å². The highest BCUT2D eigenvalue weighted by atomic mass is 16.3. The summed E-state index contributed by atoms with van der Waals surface area (Å²) in [5.41, 5.74) is 1.91. The molecule has 2 aromatic heterocycles. The number of aromatic nitrogens is 2. The van der Waals surface area contributed by atoms with Crippen LogP contribution < -0.4 is 10.2 Å². The van der Waals surface area contributed by atoms with Crippen molar-refractivity contribution in [2.45, 2.75) is 39.2 Å². The Kier molecular flexibility index (Phi) is 5.20. The van der Waals surface area contributed by atoms with E-state index in [2.05, 4.69) is 20.2 Å². The molecule has 0 aromatic carbocycles. The normalized spacial score (nSPS) is 19.0. The first kappa shape index (κ1) is 18.1. The molecule has 0 aliphatic carbocycles. The molecule has 4 heterocycles. The van der Waals surface area contributed by atoms with Crippen LogP contribution in [0.3, 0.4) is 0 Å². The van der Waals surface area contributed by atoms with Gasteiger partial charge < -0.3 is 14.6 Å². The van der Waals surface area contributed by atoms with Gasteiger partial charge in [-0.15, -0.1) is 0 Å². The number of rotatable bonds is 5. The first-order chi connectivity index (χ1) is 13.1. The second-order valence-corrected chi connectivity index (χ2v) is 7.72. The monoisotopic (exact) mass is 371 g/mol. The fraction of sp³-hybridized carbons (Fsp3) is 0.600. The maximum Gasteiger partial charge on any atom is 0.227 e. The smallest absolute Gasteiger partial charge is 0.227 e. The van der Waals surface area contributed by atoms with Crippen molar-refractivity contribution in [1.29, 1.82) is 0 Å². The molecule has 4 rings (SSSR count). The molecule has 2 aliphatic rings. The molecule has 1 amide bonds. The second-order valence-electron chi connectivity index (χ2n) is 7.72. The average Bonchev–Trinajstić information content (AvgIpc) is 3.42. The number of anilines is 2. The summed E-state index contributed by atoms with van der Waals surface area (Å²) in [6.07, 6.45) is 5.85. The Bertz CT molecular complexity index is 769. The Balaban J connectivity index is 1.37. The standard InChI is InChI=1S/C20H29N5O2/c1-15-18(19(22-23(15)2)25-9-3-4-10-25)21-20(26)16-7-11-24(12-8-16)14-17-6-5-13-27-17/h5-6,13,16H,3-4,7-12,14H2,1-2H3,(H,21,26). The Morgan fingerprint density at radius 2 is 2.00 bits per heavy atom. The van der Waals surface area contributed by atoms with E-state index in [1.165, 1.54) is 12.8 Å². The number of carbonyl (C=O) groups excluding carboxylic acids is 1. The lowest BCUT2D eigenvalue weighted by atomic mass is 9.95. The zero-order chi connectivity index (χ0) is 18.8. The van der Waals surface area contributed by atoms with E-state index in [-0.39, 0.29) is 11.8 Å². The number of likely N-dealkylation sites (tertiary alicyclic amines) is 1. The molecule has 27 heavy (non-hydrogen) atoms. The number of carbonyl (C=O) groups is 1. The summed E-state index contributed by atoms with van der Waals surface area (Å²) in [6, 6.07) is 3.92. The Labute approximate surface area is 160 Å². The number of amides is 1. The molecule has 0 radical (unpaired) electrons. The quantitative estimate of drug-likeness (QED) is 0.875. The average molecular weight is 371 g/mol. The number of piperidine rings is 1. The fourth-order valence-corrected chi connectivity index (χ4v) is 4.09. The largest absolute Gasteiger partial charge is 0.468 e. The second kappa shape index (κ2) is 7.76. The van der Waals surface area contributed by atoms with Gasteiger partial charge in [0.25, 0.3) is 0 Å². The third-order valence-electron chi connectivity index (χ3n) is 5.89. The van der Waals surface area contributed by atoms with Gasteiger partial charge in [-0.3, -0.25) is 14.4 Å². The summed E-state index contributed by atoms with van der Waals surface area (Å²) >= 11 is 0. The minimum absolute atomic E-state index is 0.0592. The van der Waals surface area contributed by atoms with Crippen molar-refractivity contribution in [2.24, 2.45) is 13.0 Å². The van der Waals surface area contributed by atoms with Crippen molar-refractivity contribution in [1.82, 2.24) is 14.7 Å². The molecule has 7 heteroatoms. The van der Waals surface area contributed by atoms with Crippen molar-refractivity contribution in [2.75, 3.05) is 36.4 Å². The van der Waals surface area contributed by atoms with Gasteiger partial charge in [-0.05, 0) is 57.8 Å². The molecular weight excluding hydrogens is 342 g/mol. The predicted molar refractivity (Wildman–Crippen MR) is 105 cm³/mol. The Morgan fingerprint density at radius 3 is 2.67 bits per heavy atom. The summed E-state index contributed by atoms with van der Waals surface area (Å²) in [4.78, 5) is 17.6. The van der Waals surface area contributed by atoms with Gasteiger partial charge >= 0.3 is 0 Å². The highest BCUT2D eigenvalue weighted by Gasteiger charge is 2.28. The Hall–Kier alpha value is -2.28. The third-order valence-corrected chi connectivity index (χ3v) is 5.89. The van der Waals surface area contributed by atoms with E-state index < -0.39 is 0 Å². The molecule has 146 valence electrons. The van der Waals surface area contributed by atoms with E-state index in [4.69, 9.17) is 4.42 Å². The number of hydrogen-bond acceptors (Lipinski definition) is 5. The lowest BCUT2D eigenvalue weighted by molar-refractivity contribution is -0.121. The van der Waals surface area contributed by atoms with Crippen LogP contribution in [0, 0.1) is 12.8 Å². The fourth-order valence-electron chi connectivity index (χ4n) is 4.09.